The quantitative estimate of drug-likeness (QED) is 0.710. The number of pyridine rings is 2. The number of aromatic nitrogens is 4. The lowest BCUT2D eigenvalue weighted by Crippen LogP contribution is -2.47. The summed E-state index contributed by atoms with van der Waals surface area (Å²) >= 11 is 0. The SMILES string of the molecule is CC(=O)Nc1cc2cc(-c3cnn(C)c3)c(N3CCN(CCF)CC3)nc2cn1. The number of nitrogens with one attached hydrogen (secondary N) is 1. The summed E-state index contributed by atoms with van der Waals surface area (Å²) in [5, 5.41) is 7.91. The smallest absolute Gasteiger partial charge is 0.222 e. The van der Waals surface area contributed by atoms with Gasteiger partial charge in [-0.3, -0.25) is 14.4 Å². The Morgan fingerprint density at radius 1 is 1.21 bits per heavy atom. The van der Waals surface area contributed by atoms with Crippen LogP contribution in [0.2, 0.25) is 0 Å². The summed E-state index contributed by atoms with van der Waals surface area (Å²) in [4.78, 5) is 24.9. The molecule has 152 valence electrons. The first-order chi connectivity index (χ1) is 14.0. The first kappa shape index (κ1) is 19.3. The van der Waals surface area contributed by atoms with E-state index in [9.17, 15) is 9.18 Å². The molecule has 1 aliphatic heterocycles. The number of hydrogen-bond donors (Lipinski definition) is 1. The van der Waals surface area contributed by atoms with Crippen LogP contribution >= 0.6 is 0 Å². The fraction of sp³-hybridized carbons (Fsp3) is 0.400. The molecule has 1 N–H and O–H groups in total. The third-order valence-electron chi connectivity index (χ3n) is 5.07. The molecule has 0 saturated carbocycles. The summed E-state index contributed by atoms with van der Waals surface area (Å²) in [6.07, 6.45) is 5.46. The van der Waals surface area contributed by atoms with Crippen LogP contribution in [-0.4, -0.2) is 70.0 Å². The second kappa shape index (κ2) is 8.12. The third-order valence-corrected chi connectivity index (χ3v) is 5.07. The molecule has 3 aromatic rings. The van der Waals surface area contributed by atoms with Gasteiger partial charge in [0.15, 0.2) is 0 Å². The summed E-state index contributed by atoms with van der Waals surface area (Å²) in [6, 6.07) is 3.89. The maximum absolute atomic E-state index is 12.7. The Bertz CT molecular complexity index is 1030. The highest BCUT2D eigenvalue weighted by Crippen LogP contribution is 2.33. The second-order valence-corrected chi connectivity index (χ2v) is 7.22. The van der Waals surface area contributed by atoms with Crippen LogP contribution in [0.1, 0.15) is 6.92 Å². The molecular formula is C20H24FN7O. The van der Waals surface area contributed by atoms with Gasteiger partial charge in [0.25, 0.3) is 0 Å². The number of amides is 1. The molecule has 1 amide bonds. The van der Waals surface area contributed by atoms with Crippen LogP contribution in [-0.2, 0) is 11.8 Å². The molecule has 29 heavy (non-hydrogen) atoms. The zero-order chi connectivity index (χ0) is 20.4. The number of rotatable bonds is 5. The fourth-order valence-electron chi connectivity index (χ4n) is 3.63. The van der Waals surface area contributed by atoms with Gasteiger partial charge in [0.2, 0.25) is 5.91 Å². The highest BCUT2D eigenvalue weighted by Gasteiger charge is 2.22. The maximum atomic E-state index is 12.7. The van der Waals surface area contributed by atoms with Crippen LogP contribution in [0.4, 0.5) is 16.0 Å². The van der Waals surface area contributed by atoms with E-state index in [1.54, 1.807) is 10.9 Å². The van der Waals surface area contributed by atoms with Crippen molar-refractivity contribution in [3.63, 3.8) is 0 Å². The van der Waals surface area contributed by atoms with Crippen molar-refractivity contribution in [2.45, 2.75) is 6.92 Å². The van der Waals surface area contributed by atoms with Gasteiger partial charge < -0.3 is 10.2 Å². The van der Waals surface area contributed by atoms with E-state index in [0.717, 1.165) is 54.0 Å². The topological polar surface area (TPSA) is 79.2 Å². The van der Waals surface area contributed by atoms with Gasteiger partial charge in [0.1, 0.15) is 18.3 Å². The average Bonchev–Trinajstić information content (AvgIpc) is 3.13. The van der Waals surface area contributed by atoms with E-state index in [1.807, 2.05) is 25.5 Å². The Morgan fingerprint density at radius 3 is 2.66 bits per heavy atom. The normalized spacial score (nSPS) is 15.1. The lowest BCUT2D eigenvalue weighted by molar-refractivity contribution is -0.114. The minimum atomic E-state index is -0.322. The molecule has 0 bridgehead atoms. The van der Waals surface area contributed by atoms with Crippen molar-refractivity contribution in [2.75, 3.05) is 49.6 Å². The van der Waals surface area contributed by atoms with Crippen molar-refractivity contribution < 1.29 is 9.18 Å². The maximum Gasteiger partial charge on any atom is 0.222 e. The van der Waals surface area contributed by atoms with E-state index in [4.69, 9.17) is 4.98 Å². The van der Waals surface area contributed by atoms with E-state index < -0.39 is 0 Å². The average molecular weight is 397 g/mol. The Morgan fingerprint density at radius 2 is 2.00 bits per heavy atom. The zero-order valence-corrected chi connectivity index (χ0v) is 16.6. The molecule has 0 radical (unpaired) electrons. The highest BCUT2D eigenvalue weighted by atomic mass is 19.1. The molecule has 4 rings (SSSR count). The van der Waals surface area contributed by atoms with Gasteiger partial charge in [0.05, 0.1) is 17.9 Å². The molecule has 0 aliphatic carbocycles. The van der Waals surface area contributed by atoms with Crippen LogP contribution in [0, 0.1) is 0 Å². The number of fused-ring (bicyclic) bond motifs is 1. The number of aryl methyl sites for hydroxylation is 1. The van der Waals surface area contributed by atoms with E-state index in [0.29, 0.717) is 12.4 Å². The Kier molecular flexibility index (Phi) is 5.39. The van der Waals surface area contributed by atoms with Crippen molar-refractivity contribution >= 4 is 28.4 Å². The van der Waals surface area contributed by atoms with Gasteiger partial charge in [-0.1, -0.05) is 0 Å². The summed E-state index contributed by atoms with van der Waals surface area (Å²) in [6.45, 7) is 4.77. The molecular weight excluding hydrogens is 373 g/mol. The number of carbonyl (C=O) groups excluding carboxylic acids is 1. The summed E-state index contributed by atoms with van der Waals surface area (Å²) in [5.41, 5.74) is 2.71. The van der Waals surface area contributed by atoms with E-state index in [2.05, 4.69) is 31.3 Å². The first-order valence-corrected chi connectivity index (χ1v) is 9.64. The number of nitrogens with zero attached hydrogens (tertiary/aromatic N) is 6. The van der Waals surface area contributed by atoms with Crippen LogP contribution in [0.15, 0.2) is 30.7 Å². The number of piperazine rings is 1. The molecule has 0 unspecified atom stereocenters. The highest BCUT2D eigenvalue weighted by molar-refractivity contribution is 5.93. The third kappa shape index (κ3) is 4.19. The monoisotopic (exact) mass is 397 g/mol. The van der Waals surface area contributed by atoms with E-state index >= 15 is 0 Å². The minimum Gasteiger partial charge on any atom is -0.354 e. The number of carbonyl (C=O) groups is 1. The molecule has 9 heteroatoms. The van der Waals surface area contributed by atoms with Crippen molar-refractivity contribution in [1.82, 2.24) is 24.6 Å². The molecule has 4 heterocycles. The van der Waals surface area contributed by atoms with E-state index in [1.165, 1.54) is 6.92 Å². The molecule has 0 spiro atoms. The van der Waals surface area contributed by atoms with Crippen molar-refractivity contribution in [1.29, 1.82) is 0 Å². The number of alkyl halides is 1. The predicted octanol–water partition coefficient (Wildman–Crippen LogP) is 2.08. The standard InChI is InChI=1S/C20H24FN7O/c1-14(29)24-19-10-15-9-17(16-11-23-26(2)13-16)20(25-18(15)12-22-19)28-7-5-27(4-3-21)6-8-28/h9-13H,3-8H2,1-2H3,(H,22,24,29). The Hall–Kier alpha value is -3.07. The molecule has 0 atom stereocenters. The van der Waals surface area contributed by atoms with Crippen LogP contribution in [0.5, 0.6) is 0 Å². The molecule has 3 aromatic heterocycles. The largest absolute Gasteiger partial charge is 0.354 e. The first-order valence-electron chi connectivity index (χ1n) is 9.64. The van der Waals surface area contributed by atoms with Crippen molar-refractivity contribution in [3.05, 3.63) is 30.7 Å². The van der Waals surface area contributed by atoms with Gasteiger partial charge in [-0.2, -0.15) is 5.10 Å². The van der Waals surface area contributed by atoms with Gasteiger partial charge in [0, 0.05) is 69.4 Å². The lowest BCUT2D eigenvalue weighted by Gasteiger charge is -2.35. The minimum absolute atomic E-state index is 0.167. The summed E-state index contributed by atoms with van der Waals surface area (Å²) in [5.74, 6) is 1.20. The number of halogens is 1. The van der Waals surface area contributed by atoms with Gasteiger partial charge in [-0.15, -0.1) is 0 Å². The van der Waals surface area contributed by atoms with Gasteiger partial charge in [-0.05, 0) is 12.1 Å². The predicted molar refractivity (Wildman–Crippen MR) is 111 cm³/mol. The Labute approximate surface area is 168 Å². The Balaban J connectivity index is 1.74. The van der Waals surface area contributed by atoms with Crippen molar-refractivity contribution in [3.8, 4) is 11.1 Å². The van der Waals surface area contributed by atoms with Gasteiger partial charge in [-0.25, -0.2) is 14.4 Å². The van der Waals surface area contributed by atoms with Crippen LogP contribution in [0.3, 0.4) is 0 Å². The lowest BCUT2D eigenvalue weighted by atomic mass is 10.1. The van der Waals surface area contributed by atoms with Crippen molar-refractivity contribution in [2.24, 2.45) is 7.05 Å². The second-order valence-electron chi connectivity index (χ2n) is 7.22. The van der Waals surface area contributed by atoms with E-state index in [-0.39, 0.29) is 12.6 Å². The molecule has 1 saturated heterocycles. The zero-order valence-electron chi connectivity index (χ0n) is 16.6. The number of anilines is 2. The molecule has 1 fully saturated rings. The molecule has 8 nitrogen and oxygen atoms in total. The summed E-state index contributed by atoms with van der Waals surface area (Å²) in [7, 11) is 1.88. The number of hydrogen-bond acceptors (Lipinski definition) is 6. The van der Waals surface area contributed by atoms with Crippen LogP contribution < -0.4 is 10.2 Å². The molecule has 1 aliphatic rings. The van der Waals surface area contributed by atoms with Gasteiger partial charge >= 0.3 is 0 Å². The fourth-order valence-corrected chi connectivity index (χ4v) is 3.63. The van der Waals surface area contributed by atoms with Crippen LogP contribution in [0.25, 0.3) is 22.0 Å². The molecule has 0 aromatic carbocycles. The summed E-state index contributed by atoms with van der Waals surface area (Å²) < 4.78 is 14.4.